The second-order valence-corrected chi connectivity index (χ2v) is 6.91. The highest BCUT2D eigenvalue weighted by molar-refractivity contribution is 5.78. The van der Waals surface area contributed by atoms with Gasteiger partial charge in [-0.05, 0) is 30.5 Å². The van der Waals surface area contributed by atoms with E-state index in [2.05, 4.69) is 22.0 Å². The highest BCUT2D eigenvalue weighted by Gasteiger charge is 2.26. The van der Waals surface area contributed by atoms with Gasteiger partial charge in [0, 0.05) is 52.4 Å². The average molecular weight is 332 g/mol. The molecule has 1 atom stereocenters. The summed E-state index contributed by atoms with van der Waals surface area (Å²) in [6.45, 7) is 5.42. The first-order valence-electron chi connectivity index (χ1n) is 8.84. The molecule has 0 aromatic carbocycles. The number of hydrogen-bond donors (Lipinski definition) is 0. The molecule has 3 heterocycles. The Hall–Kier alpha value is -1.66. The summed E-state index contributed by atoms with van der Waals surface area (Å²) >= 11 is 0. The first kappa shape index (κ1) is 17.2. The third kappa shape index (κ3) is 4.24. The van der Waals surface area contributed by atoms with Crippen LogP contribution in [0.25, 0.3) is 0 Å². The number of ether oxygens (including phenoxy) is 1. The van der Waals surface area contributed by atoms with E-state index in [1.54, 1.807) is 0 Å². The largest absolute Gasteiger partial charge is 0.379 e. The standard InChI is InChI=1S/C18H28N4O2/c1-20(2)17-12-15(5-6-19-17)16-4-3-7-22(13-16)18(23)14-21-8-10-24-11-9-21/h5-6,12,16H,3-4,7-11,13-14H2,1-2H3/t16-/m0/s1. The van der Waals surface area contributed by atoms with Crippen LogP contribution in [-0.4, -0.2) is 80.7 Å². The lowest BCUT2D eigenvalue weighted by molar-refractivity contribution is -0.134. The van der Waals surface area contributed by atoms with E-state index >= 15 is 0 Å². The lowest BCUT2D eigenvalue weighted by atomic mass is 9.91. The number of anilines is 1. The van der Waals surface area contributed by atoms with Crippen LogP contribution in [0.4, 0.5) is 5.82 Å². The Labute approximate surface area is 144 Å². The van der Waals surface area contributed by atoms with Crippen molar-refractivity contribution in [3.63, 3.8) is 0 Å². The van der Waals surface area contributed by atoms with Gasteiger partial charge in [-0.25, -0.2) is 4.98 Å². The Morgan fingerprint density at radius 2 is 2.12 bits per heavy atom. The van der Waals surface area contributed by atoms with Crippen LogP contribution < -0.4 is 4.90 Å². The van der Waals surface area contributed by atoms with Crippen LogP contribution in [0.1, 0.15) is 24.3 Å². The van der Waals surface area contributed by atoms with Crippen LogP contribution in [0.2, 0.25) is 0 Å². The molecule has 132 valence electrons. The number of hydrogen-bond acceptors (Lipinski definition) is 5. The van der Waals surface area contributed by atoms with Crippen molar-refractivity contribution >= 4 is 11.7 Å². The number of rotatable bonds is 4. The van der Waals surface area contributed by atoms with Gasteiger partial charge < -0.3 is 14.5 Å². The minimum Gasteiger partial charge on any atom is -0.379 e. The van der Waals surface area contributed by atoms with Crippen molar-refractivity contribution in [1.29, 1.82) is 0 Å². The van der Waals surface area contributed by atoms with Gasteiger partial charge in [0.2, 0.25) is 5.91 Å². The van der Waals surface area contributed by atoms with Crippen molar-refractivity contribution in [2.24, 2.45) is 0 Å². The van der Waals surface area contributed by atoms with Crippen LogP contribution in [0.15, 0.2) is 18.3 Å². The molecule has 0 radical (unpaired) electrons. The third-order valence-electron chi connectivity index (χ3n) is 4.94. The van der Waals surface area contributed by atoms with E-state index in [-0.39, 0.29) is 5.91 Å². The molecule has 3 rings (SSSR count). The van der Waals surface area contributed by atoms with Gasteiger partial charge in [-0.2, -0.15) is 0 Å². The van der Waals surface area contributed by atoms with Gasteiger partial charge in [-0.15, -0.1) is 0 Å². The van der Waals surface area contributed by atoms with Gasteiger partial charge in [-0.1, -0.05) is 0 Å². The summed E-state index contributed by atoms with van der Waals surface area (Å²) in [6, 6.07) is 4.24. The molecule has 6 heteroatoms. The van der Waals surface area contributed by atoms with Crippen molar-refractivity contribution in [3.05, 3.63) is 23.9 Å². The molecule has 1 aromatic rings. The fourth-order valence-corrected chi connectivity index (χ4v) is 3.46. The highest BCUT2D eigenvalue weighted by Crippen LogP contribution is 2.28. The number of carbonyl (C=O) groups is 1. The summed E-state index contributed by atoms with van der Waals surface area (Å²) in [5.74, 6) is 1.64. The molecule has 24 heavy (non-hydrogen) atoms. The minimum absolute atomic E-state index is 0.253. The SMILES string of the molecule is CN(C)c1cc([C@H]2CCCN(C(=O)CN3CCOCC3)C2)ccn1. The van der Waals surface area contributed by atoms with E-state index in [9.17, 15) is 4.79 Å². The molecule has 2 aliphatic heterocycles. The molecule has 2 saturated heterocycles. The van der Waals surface area contributed by atoms with Crippen molar-refractivity contribution in [3.8, 4) is 0 Å². The summed E-state index contributed by atoms with van der Waals surface area (Å²) in [6.07, 6.45) is 4.08. The van der Waals surface area contributed by atoms with Crippen molar-refractivity contribution in [1.82, 2.24) is 14.8 Å². The topological polar surface area (TPSA) is 48.9 Å². The number of nitrogens with zero attached hydrogens (tertiary/aromatic N) is 4. The molecule has 2 fully saturated rings. The van der Waals surface area contributed by atoms with E-state index in [0.29, 0.717) is 12.5 Å². The Balaban J connectivity index is 1.61. The zero-order valence-electron chi connectivity index (χ0n) is 14.8. The van der Waals surface area contributed by atoms with E-state index in [1.165, 1.54) is 5.56 Å². The van der Waals surface area contributed by atoms with E-state index < -0.39 is 0 Å². The smallest absolute Gasteiger partial charge is 0.236 e. The maximum atomic E-state index is 12.6. The van der Waals surface area contributed by atoms with Crippen LogP contribution in [0.5, 0.6) is 0 Å². The first-order valence-corrected chi connectivity index (χ1v) is 8.84. The van der Waals surface area contributed by atoms with Crippen molar-refractivity contribution in [2.45, 2.75) is 18.8 Å². The average Bonchev–Trinajstić information content (AvgIpc) is 2.63. The number of amides is 1. The number of morpholine rings is 1. The zero-order chi connectivity index (χ0) is 16.9. The molecule has 0 saturated carbocycles. The zero-order valence-corrected chi connectivity index (χ0v) is 14.8. The summed E-state index contributed by atoms with van der Waals surface area (Å²) < 4.78 is 5.36. The molecule has 0 spiro atoms. The Morgan fingerprint density at radius 1 is 1.33 bits per heavy atom. The van der Waals surface area contributed by atoms with Gasteiger partial charge >= 0.3 is 0 Å². The molecule has 0 N–H and O–H groups in total. The minimum atomic E-state index is 0.253. The summed E-state index contributed by atoms with van der Waals surface area (Å²) in [5, 5.41) is 0. The third-order valence-corrected chi connectivity index (χ3v) is 4.94. The number of aromatic nitrogens is 1. The maximum Gasteiger partial charge on any atom is 0.236 e. The molecular weight excluding hydrogens is 304 g/mol. The summed E-state index contributed by atoms with van der Waals surface area (Å²) in [4.78, 5) is 23.3. The molecule has 6 nitrogen and oxygen atoms in total. The predicted octanol–water partition coefficient (Wildman–Crippen LogP) is 1.19. The van der Waals surface area contributed by atoms with E-state index in [1.807, 2.05) is 30.1 Å². The van der Waals surface area contributed by atoms with E-state index in [4.69, 9.17) is 4.74 Å². The number of likely N-dealkylation sites (tertiary alicyclic amines) is 1. The molecule has 0 aliphatic carbocycles. The fraction of sp³-hybridized carbons (Fsp3) is 0.667. The molecular formula is C18H28N4O2. The van der Waals surface area contributed by atoms with Crippen molar-refractivity contribution < 1.29 is 9.53 Å². The monoisotopic (exact) mass is 332 g/mol. The van der Waals surface area contributed by atoms with Crippen LogP contribution >= 0.6 is 0 Å². The van der Waals surface area contributed by atoms with Crippen LogP contribution in [0, 0.1) is 0 Å². The summed E-state index contributed by atoms with van der Waals surface area (Å²) in [5.41, 5.74) is 1.29. The van der Waals surface area contributed by atoms with Crippen LogP contribution in [-0.2, 0) is 9.53 Å². The molecule has 2 aliphatic rings. The summed E-state index contributed by atoms with van der Waals surface area (Å²) in [7, 11) is 4.01. The van der Waals surface area contributed by atoms with Gasteiger partial charge in [0.05, 0.1) is 19.8 Å². The number of carbonyl (C=O) groups excluding carboxylic acids is 1. The fourth-order valence-electron chi connectivity index (χ4n) is 3.46. The predicted molar refractivity (Wildman–Crippen MR) is 94.4 cm³/mol. The second-order valence-electron chi connectivity index (χ2n) is 6.91. The Bertz CT molecular complexity index is 558. The second kappa shape index (κ2) is 7.94. The number of piperidine rings is 1. The Kier molecular flexibility index (Phi) is 5.68. The number of pyridine rings is 1. The Morgan fingerprint density at radius 3 is 2.88 bits per heavy atom. The molecule has 1 aromatic heterocycles. The van der Waals surface area contributed by atoms with E-state index in [0.717, 1.165) is 58.1 Å². The molecule has 0 unspecified atom stereocenters. The highest BCUT2D eigenvalue weighted by atomic mass is 16.5. The normalized spacial score (nSPS) is 22.4. The maximum absolute atomic E-state index is 12.6. The van der Waals surface area contributed by atoms with Gasteiger partial charge in [-0.3, -0.25) is 9.69 Å². The van der Waals surface area contributed by atoms with Crippen molar-refractivity contribution in [2.75, 3.05) is 64.9 Å². The first-order chi connectivity index (χ1) is 11.6. The van der Waals surface area contributed by atoms with Gasteiger partial charge in [0.15, 0.2) is 0 Å². The lowest BCUT2D eigenvalue weighted by Gasteiger charge is -2.35. The lowest BCUT2D eigenvalue weighted by Crippen LogP contribution is -2.47. The van der Waals surface area contributed by atoms with Gasteiger partial charge in [0.1, 0.15) is 5.82 Å². The molecule has 1 amide bonds. The molecule has 0 bridgehead atoms. The quantitative estimate of drug-likeness (QED) is 0.829. The van der Waals surface area contributed by atoms with Gasteiger partial charge in [0.25, 0.3) is 0 Å². The van der Waals surface area contributed by atoms with Crippen LogP contribution in [0.3, 0.4) is 0 Å².